The van der Waals surface area contributed by atoms with Crippen LogP contribution in [0.15, 0.2) is 12.1 Å². The van der Waals surface area contributed by atoms with Gasteiger partial charge in [-0.15, -0.1) is 0 Å². The summed E-state index contributed by atoms with van der Waals surface area (Å²) in [5.74, 6) is -1.28. The van der Waals surface area contributed by atoms with Crippen LogP contribution >= 0.6 is 0 Å². The lowest BCUT2D eigenvalue weighted by molar-refractivity contribution is 0.536. The SMILES string of the molecule is Cc1cc(C(N)CCCS(C)(=O)=O)c(F)cc1F. The normalized spacial score (nSPS) is 13.6. The van der Waals surface area contributed by atoms with E-state index in [2.05, 4.69) is 0 Å². The molecule has 1 unspecified atom stereocenters. The fourth-order valence-corrected chi connectivity index (χ4v) is 2.38. The summed E-state index contributed by atoms with van der Waals surface area (Å²) in [6.45, 7) is 1.53. The zero-order chi connectivity index (χ0) is 13.9. The molecule has 0 aliphatic heterocycles. The van der Waals surface area contributed by atoms with Crippen LogP contribution in [0.5, 0.6) is 0 Å². The van der Waals surface area contributed by atoms with Crippen LogP contribution in [0.1, 0.15) is 30.0 Å². The molecule has 0 heterocycles. The van der Waals surface area contributed by atoms with Crippen molar-refractivity contribution < 1.29 is 17.2 Å². The summed E-state index contributed by atoms with van der Waals surface area (Å²) in [7, 11) is -3.04. The molecule has 0 spiro atoms. The molecule has 0 bridgehead atoms. The molecule has 0 saturated carbocycles. The zero-order valence-electron chi connectivity index (χ0n) is 10.4. The van der Waals surface area contributed by atoms with Gasteiger partial charge in [0.1, 0.15) is 21.5 Å². The van der Waals surface area contributed by atoms with Crippen molar-refractivity contribution in [3.8, 4) is 0 Å². The average Bonchev–Trinajstić information content (AvgIpc) is 2.21. The van der Waals surface area contributed by atoms with Crippen molar-refractivity contribution in [1.29, 1.82) is 0 Å². The standard InChI is InChI=1S/C12H17F2NO2S/c1-8-6-9(11(14)7-10(8)13)12(15)4-3-5-18(2,16)17/h6-7,12H,3-5,15H2,1-2H3. The molecule has 1 aromatic carbocycles. The lowest BCUT2D eigenvalue weighted by atomic mass is 10.0. The predicted molar refractivity (Wildman–Crippen MR) is 67.0 cm³/mol. The Labute approximate surface area is 106 Å². The summed E-state index contributed by atoms with van der Waals surface area (Å²) in [5, 5.41) is 0. The summed E-state index contributed by atoms with van der Waals surface area (Å²) in [6, 6.07) is 1.56. The number of rotatable bonds is 5. The van der Waals surface area contributed by atoms with E-state index in [1.165, 1.54) is 13.0 Å². The van der Waals surface area contributed by atoms with Crippen molar-refractivity contribution in [2.45, 2.75) is 25.8 Å². The number of aryl methyl sites for hydroxylation is 1. The van der Waals surface area contributed by atoms with E-state index in [0.29, 0.717) is 18.4 Å². The van der Waals surface area contributed by atoms with Gasteiger partial charge in [-0.3, -0.25) is 0 Å². The van der Waals surface area contributed by atoms with Gasteiger partial charge in [0.25, 0.3) is 0 Å². The van der Waals surface area contributed by atoms with Crippen LogP contribution in [0.3, 0.4) is 0 Å². The third-order valence-corrected chi connectivity index (χ3v) is 3.74. The van der Waals surface area contributed by atoms with Gasteiger partial charge in [0.2, 0.25) is 0 Å². The number of hydrogen-bond acceptors (Lipinski definition) is 3. The summed E-state index contributed by atoms with van der Waals surface area (Å²) in [4.78, 5) is 0. The molecule has 0 radical (unpaired) electrons. The van der Waals surface area contributed by atoms with Crippen LogP contribution in [-0.2, 0) is 9.84 Å². The van der Waals surface area contributed by atoms with E-state index < -0.39 is 27.5 Å². The lowest BCUT2D eigenvalue weighted by Crippen LogP contribution is -2.14. The first kappa shape index (κ1) is 15.0. The number of nitrogens with two attached hydrogens (primary N) is 1. The second-order valence-corrected chi connectivity index (χ2v) is 6.76. The molecule has 0 amide bonds. The second kappa shape index (κ2) is 5.75. The fourth-order valence-electron chi connectivity index (χ4n) is 1.68. The van der Waals surface area contributed by atoms with Gasteiger partial charge in [-0.1, -0.05) is 0 Å². The van der Waals surface area contributed by atoms with Gasteiger partial charge in [0.15, 0.2) is 0 Å². The van der Waals surface area contributed by atoms with Gasteiger partial charge < -0.3 is 5.73 Å². The smallest absolute Gasteiger partial charge is 0.147 e. The topological polar surface area (TPSA) is 60.2 Å². The molecule has 1 rings (SSSR count). The molecule has 0 saturated heterocycles. The van der Waals surface area contributed by atoms with Crippen LogP contribution < -0.4 is 5.73 Å². The first-order chi connectivity index (χ1) is 8.20. The minimum atomic E-state index is -3.04. The molecule has 2 N–H and O–H groups in total. The maximum Gasteiger partial charge on any atom is 0.147 e. The zero-order valence-corrected chi connectivity index (χ0v) is 11.2. The molecule has 1 atom stereocenters. The number of halogens is 2. The van der Waals surface area contributed by atoms with Crippen LogP contribution in [-0.4, -0.2) is 20.4 Å². The van der Waals surface area contributed by atoms with Gasteiger partial charge in [0.05, 0.1) is 0 Å². The van der Waals surface area contributed by atoms with E-state index in [0.717, 1.165) is 12.3 Å². The van der Waals surface area contributed by atoms with Crippen molar-refractivity contribution in [2.24, 2.45) is 5.73 Å². The lowest BCUT2D eigenvalue weighted by Gasteiger charge is -2.13. The van der Waals surface area contributed by atoms with Crippen LogP contribution in [0.25, 0.3) is 0 Å². The highest BCUT2D eigenvalue weighted by molar-refractivity contribution is 7.90. The van der Waals surface area contributed by atoms with E-state index in [-0.39, 0.29) is 11.3 Å². The molecule has 0 aliphatic carbocycles. The Morgan fingerprint density at radius 2 is 1.89 bits per heavy atom. The third-order valence-electron chi connectivity index (χ3n) is 2.71. The van der Waals surface area contributed by atoms with Crippen molar-refractivity contribution in [3.05, 3.63) is 34.9 Å². The van der Waals surface area contributed by atoms with E-state index in [4.69, 9.17) is 5.73 Å². The highest BCUT2D eigenvalue weighted by Gasteiger charge is 2.14. The fraction of sp³-hybridized carbons (Fsp3) is 0.500. The van der Waals surface area contributed by atoms with E-state index in [9.17, 15) is 17.2 Å². The maximum atomic E-state index is 13.5. The van der Waals surface area contributed by atoms with Gasteiger partial charge in [-0.25, -0.2) is 17.2 Å². The molecular formula is C12H17F2NO2S. The average molecular weight is 277 g/mol. The Hall–Kier alpha value is -1.01. The molecule has 1 aromatic rings. The van der Waals surface area contributed by atoms with Crippen molar-refractivity contribution in [2.75, 3.05) is 12.0 Å². The Balaban J connectivity index is 2.73. The van der Waals surface area contributed by atoms with Crippen LogP contribution in [0.2, 0.25) is 0 Å². The van der Waals surface area contributed by atoms with Crippen molar-refractivity contribution in [3.63, 3.8) is 0 Å². The predicted octanol–water partition coefficient (Wildman–Crippen LogP) is 2.10. The molecular weight excluding hydrogens is 260 g/mol. The van der Waals surface area contributed by atoms with E-state index in [1.807, 2.05) is 0 Å². The van der Waals surface area contributed by atoms with Gasteiger partial charge in [0, 0.05) is 29.7 Å². The Morgan fingerprint density at radius 1 is 1.28 bits per heavy atom. The minimum absolute atomic E-state index is 0.0164. The number of hydrogen-bond donors (Lipinski definition) is 1. The van der Waals surface area contributed by atoms with Gasteiger partial charge >= 0.3 is 0 Å². The summed E-state index contributed by atoms with van der Waals surface area (Å²) < 4.78 is 48.5. The molecule has 0 aromatic heterocycles. The van der Waals surface area contributed by atoms with Crippen LogP contribution in [0, 0.1) is 18.6 Å². The molecule has 102 valence electrons. The molecule has 0 aliphatic rings. The third kappa shape index (κ3) is 4.34. The maximum absolute atomic E-state index is 13.5. The molecule has 6 heteroatoms. The first-order valence-electron chi connectivity index (χ1n) is 5.59. The first-order valence-corrected chi connectivity index (χ1v) is 7.65. The number of sulfone groups is 1. The quantitative estimate of drug-likeness (QED) is 0.896. The second-order valence-electron chi connectivity index (χ2n) is 4.50. The minimum Gasteiger partial charge on any atom is -0.324 e. The monoisotopic (exact) mass is 277 g/mol. The summed E-state index contributed by atoms with van der Waals surface area (Å²) in [6.07, 6.45) is 1.84. The largest absolute Gasteiger partial charge is 0.324 e. The van der Waals surface area contributed by atoms with Crippen molar-refractivity contribution in [1.82, 2.24) is 0 Å². The summed E-state index contributed by atoms with van der Waals surface area (Å²) >= 11 is 0. The Morgan fingerprint density at radius 3 is 2.44 bits per heavy atom. The Bertz CT molecular complexity index is 529. The highest BCUT2D eigenvalue weighted by Crippen LogP contribution is 2.22. The summed E-state index contributed by atoms with van der Waals surface area (Å²) in [5.41, 5.74) is 6.34. The van der Waals surface area contributed by atoms with Gasteiger partial charge in [-0.05, 0) is 31.4 Å². The van der Waals surface area contributed by atoms with E-state index >= 15 is 0 Å². The van der Waals surface area contributed by atoms with E-state index in [1.54, 1.807) is 0 Å². The molecule has 0 fully saturated rings. The van der Waals surface area contributed by atoms with Crippen LogP contribution in [0.4, 0.5) is 8.78 Å². The number of benzene rings is 1. The van der Waals surface area contributed by atoms with Gasteiger partial charge in [-0.2, -0.15) is 0 Å². The molecule has 18 heavy (non-hydrogen) atoms. The molecule has 3 nitrogen and oxygen atoms in total. The highest BCUT2D eigenvalue weighted by atomic mass is 32.2. The van der Waals surface area contributed by atoms with Crippen molar-refractivity contribution >= 4 is 9.84 Å². The Kier molecular flexibility index (Phi) is 4.81.